The zero-order valence-electron chi connectivity index (χ0n) is 14.1. The van der Waals surface area contributed by atoms with Gasteiger partial charge in [-0.15, -0.1) is 0 Å². The third-order valence-corrected chi connectivity index (χ3v) is 3.48. The lowest BCUT2D eigenvalue weighted by atomic mass is 10.1. The van der Waals surface area contributed by atoms with Gasteiger partial charge in [0.25, 0.3) is 5.91 Å². The summed E-state index contributed by atoms with van der Waals surface area (Å²) in [6.45, 7) is 1.92. The van der Waals surface area contributed by atoms with Gasteiger partial charge in [0, 0.05) is 11.1 Å². The van der Waals surface area contributed by atoms with Crippen LogP contribution in [0.15, 0.2) is 41.5 Å². The SMILES string of the molecule is COc1ccc(/C=N\NC(=O)c2ccc(C)cc2)c(C(=O)O)c1OC. The summed E-state index contributed by atoms with van der Waals surface area (Å²) in [4.78, 5) is 23.5. The number of carboxylic acid groups (broad SMARTS) is 1. The van der Waals surface area contributed by atoms with E-state index in [-0.39, 0.29) is 16.9 Å². The van der Waals surface area contributed by atoms with Gasteiger partial charge in [0.15, 0.2) is 11.5 Å². The number of hydrazone groups is 1. The summed E-state index contributed by atoms with van der Waals surface area (Å²) in [6, 6.07) is 10.1. The minimum atomic E-state index is -1.19. The van der Waals surface area contributed by atoms with Crippen LogP contribution in [-0.2, 0) is 0 Å². The molecule has 0 aliphatic rings. The van der Waals surface area contributed by atoms with E-state index in [0.717, 1.165) is 5.56 Å². The molecule has 0 aromatic heterocycles. The van der Waals surface area contributed by atoms with Crippen molar-refractivity contribution >= 4 is 18.1 Å². The van der Waals surface area contributed by atoms with Crippen LogP contribution in [0.1, 0.15) is 31.8 Å². The van der Waals surface area contributed by atoms with E-state index < -0.39 is 11.9 Å². The Bertz CT molecular complexity index is 813. The molecule has 25 heavy (non-hydrogen) atoms. The van der Waals surface area contributed by atoms with Crippen LogP contribution < -0.4 is 14.9 Å². The number of carbonyl (C=O) groups excluding carboxylic acids is 1. The lowest BCUT2D eigenvalue weighted by Gasteiger charge is -2.12. The van der Waals surface area contributed by atoms with Crippen LogP contribution in [0.3, 0.4) is 0 Å². The van der Waals surface area contributed by atoms with Crippen molar-refractivity contribution in [2.45, 2.75) is 6.92 Å². The average Bonchev–Trinajstić information content (AvgIpc) is 2.61. The topological polar surface area (TPSA) is 97.2 Å². The number of nitrogens with one attached hydrogen (secondary N) is 1. The summed E-state index contributed by atoms with van der Waals surface area (Å²) >= 11 is 0. The number of hydrogen-bond acceptors (Lipinski definition) is 5. The van der Waals surface area contributed by atoms with Gasteiger partial charge in [-0.3, -0.25) is 4.79 Å². The number of carbonyl (C=O) groups is 2. The first kappa shape index (κ1) is 18.0. The van der Waals surface area contributed by atoms with Gasteiger partial charge in [0.2, 0.25) is 0 Å². The number of aromatic carboxylic acids is 1. The fourth-order valence-electron chi connectivity index (χ4n) is 2.20. The van der Waals surface area contributed by atoms with Gasteiger partial charge < -0.3 is 14.6 Å². The number of amides is 1. The van der Waals surface area contributed by atoms with E-state index >= 15 is 0 Å². The maximum Gasteiger partial charge on any atom is 0.340 e. The number of rotatable bonds is 6. The molecule has 2 aromatic carbocycles. The number of carboxylic acids is 1. The first-order chi connectivity index (χ1) is 12.0. The third kappa shape index (κ3) is 4.14. The molecule has 0 aliphatic heterocycles. The molecule has 0 fully saturated rings. The largest absolute Gasteiger partial charge is 0.493 e. The highest BCUT2D eigenvalue weighted by Crippen LogP contribution is 2.32. The second-order valence-corrected chi connectivity index (χ2v) is 5.14. The Morgan fingerprint density at radius 1 is 1.08 bits per heavy atom. The molecule has 7 heteroatoms. The van der Waals surface area contributed by atoms with Crippen molar-refractivity contribution in [3.05, 3.63) is 58.7 Å². The molecule has 0 unspecified atom stereocenters. The normalized spacial score (nSPS) is 10.5. The number of ether oxygens (including phenoxy) is 2. The standard InChI is InChI=1S/C18H18N2O5/c1-11-4-6-12(7-5-11)17(21)20-19-10-13-8-9-14(24-2)16(25-3)15(13)18(22)23/h4-10H,1-3H3,(H,20,21)(H,22,23)/b19-10-. The maximum absolute atomic E-state index is 12.0. The predicted molar refractivity (Wildman–Crippen MR) is 92.7 cm³/mol. The van der Waals surface area contributed by atoms with Crippen molar-refractivity contribution < 1.29 is 24.2 Å². The molecule has 0 spiro atoms. The lowest BCUT2D eigenvalue weighted by Crippen LogP contribution is -2.18. The fourth-order valence-corrected chi connectivity index (χ4v) is 2.20. The molecule has 0 saturated carbocycles. The predicted octanol–water partition coefficient (Wildman–Crippen LogP) is 2.47. The molecule has 2 rings (SSSR count). The Balaban J connectivity index is 2.24. The molecule has 0 bridgehead atoms. The minimum Gasteiger partial charge on any atom is -0.493 e. The minimum absolute atomic E-state index is 0.0869. The number of methoxy groups -OCH3 is 2. The number of benzene rings is 2. The maximum atomic E-state index is 12.0. The van der Waals surface area contributed by atoms with Crippen LogP contribution >= 0.6 is 0 Å². The fraction of sp³-hybridized carbons (Fsp3) is 0.167. The van der Waals surface area contributed by atoms with Crippen LogP contribution in [0.25, 0.3) is 0 Å². The molecular formula is C18H18N2O5. The molecule has 0 atom stereocenters. The van der Waals surface area contributed by atoms with Gasteiger partial charge >= 0.3 is 5.97 Å². The van der Waals surface area contributed by atoms with Gasteiger partial charge in [0.1, 0.15) is 5.56 Å². The monoisotopic (exact) mass is 342 g/mol. The van der Waals surface area contributed by atoms with E-state index in [2.05, 4.69) is 10.5 Å². The molecule has 0 heterocycles. The zero-order valence-corrected chi connectivity index (χ0v) is 14.1. The van der Waals surface area contributed by atoms with Gasteiger partial charge in [-0.25, -0.2) is 10.2 Å². The van der Waals surface area contributed by atoms with Crippen LogP contribution in [0.4, 0.5) is 0 Å². The Kier molecular flexibility index (Phi) is 5.73. The Morgan fingerprint density at radius 3 is 2.32 bits per heavy atom. The van der Waals surface area contributed by atoms with Crippen molar-refractivity contribution in [1.29, 1.82) is 0 Å². The van der Waals surface area contributed by atoms with E-state index in [1.54, 1.807) is 18.2 Å². The summed E-state index contributed by atoms with van der Waals surface area (Å²) < 4.78 is 10.2. The van der Waals surface area contributed by atoms with Crippen LogP contribution in [0, 0.1) is 6.92 Å². The van der Waals surface area contributed by atoms with Crippen LogP contribution in [0.5, 0.6) is 11.5 Å². The van der Waals surface area contributed by atoms with Crippen molar-refractivity contribution in [2.75, 3.05) is 14.2 Å². The zero-order chi connectivity index (χ0) is 18.4. The molecule has 130 valence electrons. The number of hydrogen-bond donors (Lipinski definition) is 2. The highest BCUT2D eigenvalue weighted by Gasteiger charge is 2.20. The van der Waals surface area contributed by atoms with Crippen LogP contribution in [-0.4, -0.2) is 37.4 Å². The highest BCUT2D eigenvalue weighted by atomic mass is 16.5. The number of aryl methyl sites for hydroxylation is 1. The van der Waals surface area contributed by atoms with E-state index in [4.69, 9.17) is 9.47 Å². The van der Waals surface area contributed by atoms with Gasteiger partial charge in [-0.2, -0.15) is 5.10 Å². The molecule has 2 aromatic rings. The average molecular weight is 342 g/mol. The molecule has 7 nitrogen and oxygen atoms in total. The summed E-state index contributed by atoms with van der Waals surface area (Å²) in [5.74, 6) is -1.21. The summed E-state index contributed by atoms with van der Waals surface area (Å²) in [5.41, 5.74) is 4.03. The Labute approximate surface area is 144 Å². The molecule has 1 amide bonds. The second kappa shape index (κ2) is 7.96. The summed E-state index contributed by atoms with van der Waals surface area (Å²) in [5, 5.41) is 13.3. The van der Waals surface area contributed by atoms with E-state index in [1.807, 2.05) is 19.1 Å². The van der Waals surface area contributed by atoms with Crippen molar-refractivity contribution in [3.8, 4) is 11.5 Å². The smallest absolute Gasteiger partial charge is 0.340 e. The van der Waals surface area contributed by atoms with Crippen molar-refractivity contribution in [3.63, 3.8) is 0 Å². The first-order valence-corrected chi connectivity index (χ1v) is 7.36. The van der Waals surface area contributed by atoms with E-state index in [0.29, 0.717) is 11.3 Å². The number of nitrogens with zero attached hydrogens (tertiary/aromatic N) is 1. The quantitative estimate of drug-likeness (QED) is 0.621. The third-order valence-electron chi connectivity index (χ3n) is 3.48. The Hall–Kier alpha value is -3.35. The van der Waals surface area contributed by atoms with Crippen LogP contribution in [0.2, 0.25) is 0 Å². The van der Waals surface area contributed by atoms with Crippen molar-refractivity contribution in [2.24, 2.45) is 5.10 Å². The van der Waals surface area contributed by atoms with Gasteiger partial charge in [-0.1, -0.05) is 17.7 Å². The molecule has 0 saturated heterocycles. The van der Waals surface area contributed by atoms with E-state index in [9.17, 15) is 14.7 Å². The van der Waals surface area contributed by atoms with Gasteiger partial charge in [0.05, 0.1) is 20.4 Å². The van der Waals surface area contributed by atoms with Crippen molar-refractivity contribution in [1.82, 2.24) is 5.43 Å². The molecule has 2 N–H and O–H groups in total. The summed E-state index contributed by atoms with van der Waals surface area (Å²) in [6.07, 6.45) is 1.25. The first-order valence-electron chi connectivity index (χ1n) is 7.36. The lowest BCUT2D eigenvalue weighted by molar-refractivity contribution is 0.0692. The van der Waals surface area contributed by atoms with E-state index in [1.165, 1.54) is 26.5 Å². The highest BCUT2D eigenvalue weighted by molar-refractivity contribution is 6.02. The summed E-state index contributed by atoms with van der Waals surface area (Å²) in [7, 11) is 2.77. The van der Waals surface area contributed by atoms with Gasteiger partial charge in [-0.05, 0) is 31.2 Å². The second-order valence-electron chi connectivity index (χ2n) is 5.14. The molecular weight excluding hydrogens is 324 g/mol. The Morgan fingerprint density at radius 2 is 1.76 bits per heavy atom. The molecule has 0 aliphatic carbocycles. The molecule has 0 radical (unpaired) electrons.